The zero-order valence-electron chi connectivity index (χ0n) is 18.0. The summed E-state index contributed by atoms with van der Waals surface area (Å²) in [7, 11) is 0. The number of carbonyl (C=O) groups is 1. The molecule has 5 aliphatic rings. The summed E-state index contributed by atoms with van der Waals surface area (Å²) in [4.78, 5) is 23.8. The Morgan fingerprint density at radius 3 is 2.61 bits per heavy atom. The third-order valence-corrected chi connectivity index (χ3v) is 8.31. The average Bonchev–Trinajstić information content (AvgIpc) is 3.30. The zero-order chi connectivity index (χ0) is 20.9. The molecule has 4 saturated carbocycles. The first-order valence-electron chi connectivity index (χ1n) is 11.8. The first-order chi connectivity index (χ1) is 15.1. The molecule has 1 aliphatic heterocycles. The molecule has 4 bridgehead atoms. The SMILES string of the molecule is O=C(CC12C[C@H]3C[C@H](C1)CC(n1cncn1)(C3)C2)N1CCC(Oc2cccnc2)CC1. The third kappa shape index (κ3) is 3.52. The molecule has 2 aromatic heterocycles. The van der Waals surface area contributed by atoms with Crippen molar-refractivity contribution in [3.8, 4) is 5.75 Å². The lowest BCUT2D eigenvalue weighted by atomic mass is 9.46. The summed E-state index contributed by atoms with van der Waals surface area (Å²) in [6.07, 6.45) is 17.0. The molecule has 164 valence electrons. The third-order valence-electron chi connectivity index (χ3n) is 8.31. The van der Waals surface area contributed by atoms with Crippen LogP contribution in [0.2, 0.25) is 0 Å². The van der Waals surface area contributed by atoms with Crippen LogP contribution in [0.3, 0.4) is 0 Å². The fourth-order valence-electron chi connectivity index (χ4n) is 7.59. The van der Waals surface area contributed by atoms with Crippen molar-refractivity contribution in [1.29, 1.82) is 0 Å². The van der Waals surface area contributed by atoms with E-state index in [1.165, 1.54) is 32.1 Å². The van der Waals surface area contributed by atoms with E-state index >= 15 is 0 Å². The summed E-state index contributed by atoms with van der Waals surface area (Å²) in [5.74, 6) is 2.63. The second-order valence-corrected chi connectivity index (χ2v) is 10.6. The lowest BCUT2D eigenvalue weighted by Crippen LogP contribution is -2.58. The summed E-state index contributed by atoms with van der Waals surface area (Å²) >= 11 is 0. The minimum Gasteiger partial charge on any atom is -0.489 e. The van der Waals surface area contributed by atoms with E-state index in [0.29, 0.717) is 12.3 Å². The number of hydrogen-bond donors (Lipinski definition) is 0. The second-order valence-electron chi connectivity index (χ2n) is 10.6. The van der Waals surface area contributed by atoms with Gasteiger partial charge in [0.1, 0.15) is 24.5 Å². The lowest BCUT2D eigenvalue weighted by Gasteiger charge is -2.62. The van der Waals surface area contributed by atoms with E-state index < -0.39 is 0 Å². The van der Waals surface area contributed by atoms with Gasteiger partial charge in [-0.05, 0) is 67.9 Å². The molecule has 0 radical (unpaired) electrons. The molecule has 0 N–H and O–H groups in total. The number of rotatable bonds is 5. The van der Waals surface area contributed by atoms with Crippen LogP contribution in [-0.4, -0.2) is 49.7 Å². The predicted octanol–water partition coefficient (Wildman–Crippen LogP) is 3.43. The summed E-state index contributed by atoms with van der Waals surface area (Å²) < 4.78 is 8.19. The number of piperidine rings is 1. The summed E-state index contributed by atoms with van der Waals surface area (Å²) in [6, 6.07) is 3.84. The number of aromatic nitrogens is 4. The van der Waals surface area contributed by atoms with Crippen LogP contribution >= 0.6 is 0 Å². The first kappa shape index (κ1) is 19.3. The fourth-order valence-corrected chi connectivity index (χ4v) is 7.59. The molecule has 0 spiro atoms. The Labute approximate surface area is 183 Å². The number of pyridine rings is 1. The van der Waals surface area contributed by atoms with E-state index in [0.717, 1.165) is 49.9 Å². The van der Waals surface area contributed by atoms with E-state index in [1.807, 2.05) is 18.5 Å². The lowest BCUT2D eigenvalue weighted by molar-refractivity contribution is -0.147. The van der Waals surface area contributed by atoms with Gasteiger partial charge < -0.3 is 9.64 Å². The molecule has 2 aromatic rings. The van der Waals surface area contributed by atoms with Crippen molar-refractivity contribution in [2.75, 3.05) is 13.1 Å². The molecule has 5 fully saturated rings. The Balaban J connectivity index is 1.11. The van der Waals surface area contributed by atoms with Gasteiger partial charge in [-0.1, -0.05) is 0 Å². The standard InChI is InChI=1S/C24H31N5O2/c30-22(28-6-3-20(4-7-28)31-21-2-1-5-25-14-21)13-23-9-18-8-19(10-23)12-24(11-18,15-23)29-17-26-16-27-29/h1-2,5,14,16-20H,3-4,6-13,15H2/t18-,19-,23?,24?/m1/s1. The summed E-state index contributed by atoms with van der Waals surface area (Å²) in [6.45, 7) is 1.59. The van der Waals surface area contributed by atoms with Crippen molar-refractivity contribution in [1.82, 2.24) is 24.6 Å². The molecular weight excluding hydrogens is 390 g/mol. The number of amides is 1. The van der Waals surface area contributed by atoms with Gasteiger partial charge in [0.05, 0.1) is 11.7 Å². The first-order valence-corrected chi connectivity index (χ1v) is 11.8. The number of ether oxygens (including phenoxy) is 1. The van der Waals surface area contributed by atoms with Gasteiger partial charge in [-0.25, -0.2) is 9.67 Å². The molecule has 7 rings (SSSR count). The topological polar surface area (TPSA) is 73.1 Å². The summed E-state index contributed by atoms with van der Waals surface area (Å²) in [5.41, 5.74) is 0.238. The molecule has 7 heteroatoms. The second kappa shape index (κ2) is 7.31. The quantitative estimate of drug-likeness (QED) is 0.740. The van der Waals surface area contributed by atoms with Gasteiger partial charge in [-0.2, -0.15) is 5.10 Å². The Morgan fingerprint density at radius 1 is 1.13 bits per heavy atom. The van der Waals surface area contributed by atoms with Crippen LogP contribution in [0.15, 0.2) is 37.2 Å². The van der Waals surface area contributed by atoms with Crippen molar-refractivity contribution in [3.05, 3.63) is 37.2 Å². The van der Waals surface area contributed by atoms with Crippen LogP contribution in [0.25, 0.3) is 0 Å². The van der Waals surface area contributed by atoms with Crippen molar-refractivity contribution >= 4 is 5.91 Å². The van der Waals surface area contributed by atoms with Gasteiger partial charge in [0, 0.05) is 38.5 Å². The van der Waals surface area contributed by atoms with Gasteiger partial charge in [0.2, 0.25) is 5.91 Å². The number of hydrogen-bond acceptors (Lipinski definition) is 5. The predicted molar refractivity (Wildman–Crippen MR) is 114 cm³/mol. The van der Waals surface area contributed by atoms with Crippen molar-refractivity contribution < 1.29 is 9.53 Å². The number of likely N-dealkylation sites (tertiary alicyclic amines) is 1. The van der Waals surface area contributed by atoms with E-state index in [4.69, 9.17) is 4.74 Å². The Bertz CT molecular complexity index is 909. The minimum atomic E-state index is 0.0887. The molecule has 31 heavy (non-hydrogen) atoms. The number of nitrogens with zero attached hydrogens (tertiary/aromatic N) is 5. The maximum Gasteiger partial charge on any atom is 0.223 e. The molecule has 2 atom stereocenters. The molecular formula is C24H31N5O2. The Morgan fingerprint density at radius 2 is 1.94 bits per heavy atom. The fraction of sp³-hybridized carbons (Fsp3) is 0.667. The largest absolute Gasteiger partial charge is 0.489 e. The van der Waals surface area contributed by atoms with Gasteiger partial charge in [-0.3, -0.25) is 9.78 Å². The van der Waals surface area contributed by atoms with Gasteiger partial charge in [0.15, 0.2) is 0 Å². The molecule has 0 aromatic carbocycles. The van der Waals surface area contributed by atoms with Crippen molar-refractivity contribution in [3.63, 3.8) is 0 Å². The van der Waals surface area contributed by atoms with Gasteiger partial charge in [0.25, 0.3) is 0 Å². The van der Waals surface area contributed by atoms with Crippen molar-refractivity contribution in [2.45, 2.75) is 69.4 Å². The highest BCUT2D eigenvalue weighted by atomic mass is 16.5. The average molecular weight is 422 g/mol. The molecule has 0 unspecified atom stereocenters. The van der Waals surface area contributed by atoms with Crippen LogP contribution in [0.1, 0.15) is 57.8 Å². The zero-order valence-corrected chi connectivity index (χ0v) is 18.0. The molecule has 1 saturated heterocycles. The smallest absolute Gasteiger partial charge is 0.223 e. The molecule has 7 nitrogen and oxygen atoms in total. The Kier molecular flexibility index (Phi) is 4.54. The van der Waals surface area contributed by atoms with Crippen LogP contribution < -0.4 is 4.74 Å². The van der Waals surface area contributed by atoms with Crippen LogP contribution in [0.4, 0.5) is 0 Å². The van der Waals surface area contributed by atoms with E-state index in [1.54, 1.807) is 18.7 Å². The highest BCUT2D eigenvalue weighted by molar-refractivity contribution is 5.77. The maximum atomic E-state index is 13.4. The summed E-state index contributed by atoms with van der Waals surface area (Å²) in [5, 5.41) is 4.54. The molecule has 4 aliphatic carbocycles. The minimum absolute atomic E-state index is 0.0887. The van der Waals surface area contributed by atoms with E-state index in [9.17, 15) is 4.79 Å². The number of carbonyl (C=O) groups excluding carboxylic acids is 1. The molecule has 1 amide bonds. The monoisotopic (exact) mass is 421 g/mol. The van der Waals surface area contributed by atoms with Crippen molar-refractivity contribution in [2.24, 2.45) is 17.3 Å². The van der Waals surface area contributed by atoms with E-state index in [2.05, 4.69) is 24.6 Å². The van der Waals surface area contributed by atoms with Gasteiger partial charge >= 0.3 is 0 Å². The van der Waals surface area contributed by atoms with E-state index in [-0.39, 0.29) is 17.1 Å². The van der Waals surface area contributed by atoms with Crippen LogP contribution in [0, 0.1) is 17.3 Å². The normalized spacial score (nSPS) is 34.8. The van der Waals surface area contributed by atoms with Crippen LogP contribution in [-0.2, 0) is 10.3 Å². The molecule has 3 heterocycles. The maximum absolute atomic E-state index is 13.4. The van der Waals surface area contributed by atoms with Crippen LogP contribution in [0.5, 0.6) is 5.75 Å². The Hall–Kier alpha value is -2.44. The highest BCUT2D eigenvalue weighted by Gasteiger charge is 2.59. The highest BCUT2D eigenvalue weighted by Crippen LogP contribution is 2.65. The van der Waals surface area contributed by atoms with Gasteiger partial charge in [-0.15, -0.1) is 0 Å².